The van der Waals surface area contributed by atoms with Gasteiger partial charge in [-0.3, -0.25) is 4.79 Å². The van der Waals surface area contributed by atoms with Crippen molar-refractivity contribution in [3.05, 3.63) is 0 Å². The first-order valence-electron chi connectivity index (χ1n) is 8.39. The maximum Gasteiger partial charge on any atom is 0.220 e. The molecule has 120 valence electrons. The van der Waals surface area contributed by atoms with E-state index in [2.05, 4.69) is 21.5 Å². The number of amides is 1. The van der Waals surface area contributed by atoms with Crippen LogP contribution in [-0.4, -0.2) is 28.8 Å². The van der Waals surface area contributed by atoms with E-state index in [1.54, 1.807) is 0 Å². The van der Waals surface area contributed by atoms with Crippen molar-refractivity contribution in [3.63, 3.8) is 0 Å². The summed E-state index contributed by atoms with van der Waals surface area (Å²) in [5.74, 6) is 3.86. The Labute approximate surface area is 132 Å². The maximum atomic E-state index is 12.0. The van der Waals surface area contributed by atoms with E-state index in [1.807, 2.05) is 0 Å². The second-order valence-corrected chi connectivity index (χ2v) is 7.34. The number of nitrogens with zero attached hydrogens (tertiary/aromatic N) is 2. The van der Waals surface area contributed by atoms with Gasteiger partial charge in [-0.2, -0.15) is 10.2 Å². The van der Waals surface area contributed by atoms with E-state index in [0.29, 0.717) is 37.6 Å². The average molecular weight is 303 g/mol. The second kappa shape index (κ2) is 6.00. The van der Waals surface area contributed by atoms with Gasteiger partial charge in [-0.25, -0.2) is 0 Å². The van der Waals surface area contributed by atoms with Gasteiger partial charge in [-0.05, 0) is 31.1 Å². The van der Waals surface area contributed by atoms with Gasteiger partial charge >= 0.3 is 0 Å². The van der Waals surface area contributed by atoms with Crippen molar-refractivity contribution < 1.29 is 9.90 Å². The molecule has 0 aromatic rings. The van der Waals surface area contributed by atoms with Crippen LogP contribution in [-0.2, 0) is 4.79 Å². The van der Waals surface area contributed by atoms with Gasteiger partial charge in [-0.1, -0.05) is 12.8 Å². The number of hydrogen-bond donors (Lipinski definition) is 2. The van der Waals surface area contributed by atoms with Crippen molar-refractivity contribution in [1.82, 2.24) is 5.32 Å². The molecule has 0 radical (unpaired) electrons. The molecule has 0 aromatic carbocycles. The molecule has 5 heteroatoms. The summed E-state index contributed by atoms with van der Waals surface area (Å²) in [5, 5.41) is 21.7. The van der Waals surface area contributed by atoms with Crippen molar-refractivity contribution in [3.8, 4) is 12.3 Å². The molecule has 3 aliphatic rings. The molecule has 1 amide bonds. The van der Waals surface area contributed by atoms with Gasteiger partial charge in [0.25, 0.3) is 0 Å². The van der Waals surface area contributed by atoms with Crippen LogP contribution in [0, 0.1) is 24.2 Å². The van der Waals surface area contributed by atoms with E-state index in [1.165, 1.54) is 19.3 Å². The topological polar surface area (TPSA) is 74.0 Å². The third kappa shape index (κ3) is 3.67. The summed E-state index contributed by atoms with van der Waals surface area (Å²) in [6.07, 6.45) is 13.0. The minimum atomic E-state index is -0.699. The van der Waals surface area contributed by atoms with E-state index in [4.69, 9.17) is 6.42 Å². The Kier molecular flexibility index (Phi) is 4.22. The Morgan fingerprint density at radius 1 is 1.27 bits per heavy atom. The highest BCUT2D eigenvalue weighted by Crippen LogP contribution is 2.46. The lowest BCUT2D eigenvalue weighted by Gasteiger charge is -2.36. The number of aliphatic hydroxyl groups is 1. The fraction of sp³-hybridized carbons (Fsp3) is 0.824. The second-order valence-electron chi connectivity index (χ2n) is 7.34. The predicted octanol–water partition coefficient (Wildman–Crippen LogP) is 2.40. The smallest absolute Gasteiger partial charge is 0.220 e. The molecule has 2 fully saturated rings. The van der Waals surface area contributed by atoms with Crippen LogP contribution < -0.4 is 5.32 Å². The van der Waals surface area contributed by atoms with Gasteiger partial charge in [0.2, 0.25) is 5.91 Å². The SMILES string of the molecule is C#CCCC1(CCC(=O)NCC2(O)CC3CCC(C3)C2)N=N1. The summed E-state index contributed by atoms with van der Waals surface area (Å²) < 4.78 is 0. The zero-order valence-corrected chi connectivity index (χ0v) is 13.1. The summed E-state index contributed by atoms with van der Waals surface area (Å²) in [7, 11) is 0. The molecule has 3 rings (SSSR count). The van der Waals surface area contributed by atoms with E-state index in [0.717, 1.165) is 19.3 Å². The minimum Gasteiger partial charge on any atom is -0.388 e. The maximum absolute atomic E-state index is 12.0. The van der Waals surface area contributed by atoms with Gasteiger partial charge in [0, 0.05) is 32.2 Å². The van der Waals surface area contributed by atoms with Gasteiger partial charge in [-0.15, -0.1) is 12.3 Å². The highest BCUT2D eigenvalue weighted by molar-refractivity contribution is 5.76. The molecule has 2 N–H and O–H groups in total. The van der Waals surface area contributed by atoms with Crippen molar-refractivity contribution >= 4 is 5.91 Å². The molecule has 5 nitrogen and oxygen atoms in total. The van der Waals surface area contributed by atoms with Crippen LogP contribution in [0.2, 0.25) is 0 Å². The number of carbonyl (C=O) groups is 1. The van der Waals surface area contributed by atoms with Gasteiger partial charge in [0.15, 0.2) is 5.66 Å². The van der Waals surface area contributed by atoms with E-state index >= 15 is 0 Å². The Bertz CT molecular complexity index is 491. The van der Waals surface area contributed by atoms with Crippen LogP contribution in [0.3, 0.4) is 0 Å². The first kappa shape index (κ1) is 15.5. The molecule has 2 aliphatic carbocycles. The summed E-state index contributed by atoms with van der Waals surface area (Å²) in [6, 6.07) is 0. The molecule has 1 aliphatic heterocycles. The Morgan fingerprint density at radius 3 is 2.55 bits per heavy atom. The zero-order chi connectivity index (χ0) is 15.6. The summed E-state index contributed by atoms with van der Waals surface area (Å²) >= 11 is 0. The molecule has 0 saturated heterocycles. The Hall–Kier alpha value is -1.41. The van der Waals surface area contributed by atoms with Crippen LogP contribution in [0.15, 0.2) is 10.2 Å². The summed E-state index contributed by atoms with van der Waals surface area (Å²) in [5.41, 5.74) is -1.10. The highest BCUT2D eigenvalue weighted by Gasteiger charge is 2.43. The fourth-order valence-corrected chi connectivity index (χ4v) is 4.18. The third-order valence-corrected chi connectivity index (χ3v) is 5.41. The predicted molar refractivity (Wildman–Crippen MR) is 82.9 cm³/mol. The van der Waals surface area contributed by atoms with Gasteiger partial charge in [0.1, 0.15) is 0 Å². The van der Waals surface area contributed by atoms with Gasteiger partial charge in [0.05, 0.1) is 5.60 Å². The van der Waals surface area contributed by atoms with Crippen LogP contribution in [0.5, 0.6) is 0 Å². The number of rotatable bonds is 7. The Balaban J connectivity index is 1.38. The Morgan fingerprint density at radius 2 is 1.95 bits per heavy atom. The standard InChI is InChI=1S/C17H25N3O2/c1-2-3-7-17(19-20-17)8-6-15(21)18-12-16(22)10-13-4-5-14(9-13)11-16/h1,13-14,22H,3-12H2,(H,18,21). The molecule has 2 saturated carbocycles. The first-order chi connectivity index (χ1) is 10.5. The number of hydrogen-bond acceptors (Lipinski definition) is 4. The van der Waals surface area contributed by atoms with Crippen molar-refractivity contribution in [2.45, 2.75) is 69.1 Å². The molecule has 2 atom stereocenters. The lowest BCUT2D eigenvalue weighted by atomic mass is 9.77. The lowest BCUT2D eigenvalue weighted by Crippen LogP contribution is -2.46. The van der Waals surface area contributed by atoms with E-state index < -0.39 is 11.3 Å². The van der Waals surface area contributed by atoms with E-state index in [9.17, 15) is 9.90 Å². The zero-order valence-electron chi connectivity index (χ0n) is 13.1. The molecule has 1 heterocycles. The average Bonchev–Trinajstić information content (AvgIpc) is 3.19. The molecule has 2 bridgehead atoms. The van der Waals surface area contributed by atoms with Crippen LogP contribution in [0.1, 0.15) is 57.8 Å². The minimum absolute atomic E-state index is 0.0243. The molecular weight excluding hydrogens is 278 g/mol. The van der Waals surface area contributed by atoms with Crippen molar-refractivity contribution in [2.24, 2.45) is 22.1 Å². The van der Waals surface area contributed by atoms with Crippen LogP contribution in [0.4, 0.5) is 0 Å². The molecule has 0 aromatic heterocycles. The largest absolute Gasteiger partial charge is 0.388 e. The molecular formula is C17H25N3O2. The van der Waals surface area contributed by atoms with Crippen molar-refractivity contribution in [1.29, 1.82) is 0 Å². The monoisotopic (exact) mass is 303 g/mol. The normalized spacial score (nSPS) is 34.2. The van der Waals surface area contributed by atoms with Crippen LogP contribution >= 0.6 is 0 Å². The molecule has 22 heavy (non-hydrogen) atoms. The number of fused-ring (bicyclic) bond motifs is 2. The number of terminal acetylenes is 1. The summed E-state index contributed by atoms with van der Waals surface area (Å²) in [6.45, 7) is 0.379. The van der Waals surface area contributed by atoms with E-state index in [-0.39, 0.29) is 5.91 Å². The lowest BCUT2D eigenvalue weighted by molar-refractivity contribution is -0.123. The van der Waals surface area contributed by atoms with Crippen molar-refractivity contribution in [2.75, 3.05) is 6.54 Å². The number of nitrogens with one attached hydrogen (secondary N) is 1. The number of carbonyl (C=O) groups excluding carboxylic acids is 1. The molecule has 2 unspecified atom stereocenters. The fourth-order valence-electron chi connectivity index (χ4n) is 4.18. The highest BCUT2D eigenvalue weighted by atomic mass is 16.3. The van der Waals surface area contributed by atoms with Crippen LogP contribution in [0.25, 0.3) is 0 Å². The first-order valence-corrected chi connectivity index (χ1v) is 8.39. The molecule has 0 spiro atoms. The quantitative estimate of drug-likeness (QED) is 0.709. The van der Waals surface area contributed by atoms with Gasteiger partial charge < -0.3 is 10.4 Å². The summed E-state index contributed by atoms with van der Waals surface area (Å²) in [4.78, 5) is 12.0. The third-order valence-electron chi connectivity index (χ3n) is 5.41.